The van der Waals surface area contributed by atoms with Gasteiger partial charge in [-0.05, 0) is 48.9 Å². The van der Waals surface area contributed by atoms with Gasteiger partial charge in [0.1, 0.15) is 16.5 Å². The Morgan fingerprint density at radius 1 is 1.09 bits per heavy atom. The lowest BCUT2D eigenvalue weighted by molar-refractivity contribution is 0.416. The molecule has 2 N–H and O–H groups in total. The maximum absolute atomic E-state index is 9.33. The van der Waals surface area contributed by atoms with Crippen LogP contribution in [0.2, 0.25) is 0 Å². The van der Waals surface area contributed by atoms with Crippen LogP contribution < -0.4 is 10.1 Å². The highest BCUT2D eigenvalue weighted by Gasteiger charge is 2.09. The van der Waals surface area contributed by atoms with Crippen molar-refractivity contribution in [3.63, 3.8) is 0 Å². The third-order valence-electron chi connectivity index (χ3n) is 3.14. The molecule has 0 bridgehead atoms. The van der Waals surface area contributed by atoms with Gasteiger partial charge in [0.15, 0.2) is 0 Å². The zero-order valence-electron chi connectivity index (χ0n) is 12.2. The van der Waals surface area contributed by atoms with E-state index in [2.05, 4.69) is 15.5 Å². The van der Waals surface area contributed by atoms with Crippen LogP contribution in [0.3, 0.4) is 0 Å². The highest BCUT2D eigenvalue weighted by atomic mass is 32.1. The highest BCUT2D eigenvalue weighted by Crippen LogP contribution is 2.32. The number of aromatic hydroxyl groups is 1. The van der Waals surface area contributed by atoms with Gasteiger partial charge < -0.3 is 15.2 Å². The van der Waals surface area contributed by atoms with Crippen molar-refractivity contribution in [2.75, 3.05) is 12.4 Å². The number of ether oxygens (including phenoxy) is 1. The first-order valence-corrected chi connectivity index (χ1v) is 7.52. The molecule has 3 aromatic rings. The number of phenols is 1. The largest absolute Gasteiger partial charge is 0.508 e. The molecule has 5 nitrogen and oxygen atoms in total. The lowest BCUT2D eigenvalue weighted by atomic mass is 10.2. The summed E-state index contributed by atoms with van der Waals surface area (Å²) in [7, 11) is 1.64. The molecule has 0 radical (unpaired) electrons. The number of rotatable bonds is 4. The van der Waals surface area contributed by atoms with Gasteiger partial charge in [0.2, 0.25) is 5.13 Å². The van der Waals surface area contributed by atoms with Crippen LogP contribution in [0.15, 0.2) is 42.5 Å². The molecular formula is C16H15N3O2S. The van der Waals surface area contributed by atoms with Gasteiger partial charge in [-0.2, -0.15) is 0 Å². The van der Waals surface area contributed by atoms with E-state index >= 15 is 0 Å². The van der Waals surface area contributed by atoms with Crippen molar-refractivity contribution in [2.45, 2.75) is 6.92 Å². The number of hydrogen-bond acceptors (Lipinski definition) is 6. The summed E-state index contributed by atoms with van der Waals surface area (Å²) in [6.45, 7) is 2.02. The first kappa shape index (κ1) is 14.3. The van der Waals surface area contributed by atoms with E-state index in [-0.39, 0.29) is 5.75 Å². The van der Waals surface area contributed by atoms with Crippen LogP contribution in [0.1, 0.15) is 5.56 Å². The van der Waals surface area contributed by atoms with E-state index < -0.39 is 0 Å². The Hall–Kier alpha value is -2.60. The van der Waals surface area contributed by atoms with Crippen molar-refractivity contribution < 1.29 is 9.84 Å². The Labute approximate surface area is 132 Å². The fourth-order valence-electron chi connectivity index (χ4n) is 2.03. The molecule has 112 valence electrons. The molecule has 0 unspecified atom stereocenters. The molecule has 1 heterocycles. The molecule has 1 aromatic heterocycles. The quantitative estimate of drug-likeness (QED) is 0.763. The average Bonchev–Trinajstić information content (AvgIpc) is 2.97. The van der Waals surface area contributed by atoms with Crippen LogP contribution in [0.5, 0.6) is 11.5 Å². The molecule has 0 amide bonds. The smallest absolute Gasteiger partial charge is 0.210 e. The lowest BCUT2D eigenvalue weighted by Crippen LogP contribution is -1.94. The standard InChI is InChI=1S/C16H15N3O2S/c1-10-3-8-14(21-2)13(9-10)17-16-19-18-15(22-16)11-4-6-12(20)7-5-11/h3-9,20H,1-2H3,(H,17,19). The van der Waals surface area contributed by atoms with E-state index in [1.807, 2.05) is 37.3 Å². The second kappa shape index (κ2) is 6.03. The molecule has 0 aliphatic carbocycles. The van der Waals surface area contributed by atoms with Crippen molar-refractivity contribution in [2.24, 2.45) is 0 Å². The van der Waals surface area contributed by atoms with Crippen molar-refractivity contribution in [3.05, 3.63) is 48.0 Å². The maximum Gasteiger partial charge on any atom is 0.210 e. The lowest BCUT2D eigenvalue weighted by Gasteiger charge is -2.09. The third-order valence-corrected chi connectivity index (χ3v) is 4.02. The summed E-state index contributed by atoms with van der Waals surface area (Å²) in [6, 6.07) is 12.8. The number of methoxy groups -OCH3 is 1. The van der Waals surface area contributed by atoms with E-state index in [9.17, 15) is 5.11 Å². The fourth-order valence-corrected chi connectivity index (χ4v) is 2.79. The topological polar surface area (TPSA) is 67.3 Å². The first-order valence-electron chi connectivity index (χ1n) is 6.70. The third kappa shape index (κ3) is 3.01. The van der Waals surface area contributed by atoms with Crippen molar-refractivity contribution in [3.8, 4) is 22.1 Å². The summed E-state index contributed by atoms with van der Waals surface area (Å²) < 4.78 is 5.34. The summed E-state index contributed by atoms with van der Waals surface area (Å²) in [6.07, 6.45) is 0. The zero-order valence-corrected chi connectivity index (χ0v) is 13.0. The van der Waals surface area contributed by atoms with Gasteiger partial charge in [-0.3, -0.25) is 0 Å². The number of aryl methyl sites for hydroxylation is 1. The van der Waals surface area contributed by atoms with E-state index in [4.69, 9.17) is 4.74 Å². The van der Waals surface area contributed by atoms with Gasteiger partial charge in [0, 0.05) is 5.56 Å². The molecule has 0 atom stereocenters. The Kier molecular flexibility index (Phi) is 3.93. The minimum atomic E-state index is 0.233. The minimum absolute atomic E-state index is 0.233. The van der Waals surface area contributed by atoms with Crippen LogP contribution in [-0.4, -0.2) is 22.4 Å². The number of hydrogen-bond donors (Lipinski definition) is 2. The van der Waals surface area contributed by atoms with Crippen LogP contribution in [-0.2, 0) is 0 Å². The maximum atomic E-state index is 9.33. The van der Waals surface area contributed by atoms with Crippen LogP contribution in [0.4, 0.5) is 10.8 Å². The van der Waals surface area contributed by atoms with Gasteiger partial charge in [0.25, 0.3) is 0 Å². The number of nitrogens with zero attached hydrogens (tertiary/aromatic N) is 2. The SMILES string of the molecule is COc1ccc(C)cc1Nc1nnc(-c2ccc(O)cc2)s1. The number of nitrogens with one attached hydrogen (secondary N) is 1. The average molecular weight is 313 g/mol. The van der Waals surface area contributed by atoms with Crippen LogP contribution in [0.25, 0.3) is 10.6 Å². The van der Waals surface area contributed by atoms with Gasteiger partial charge in [0.05, 0.1) is 12.8 Å². The Balaban J connectivity index is 1.85. The number of phenolic OH excluding ortho intramolecular Hbond substituents is 1. The number of benzene rings is 2. The predicted octanol–water partition coefficient (Wildman–Crippen LogP) is 3.97. The second-order valence-electron chi connectivity index (χ2n) is 4.79. The van der Waals surface area contributed by atoms with Crippen molar-refractivity contribution in [1.29, 1.82) is 0 Å². The monoisotopic (exact) mass is 313 g/mol. The van der Waals surface area contributed by atoms with E-state index in [1.54, 1.807) is 19.2 Å². The molecule has 0 fully saturated rings. The summed E-state index contributed by atoms with van der Waals surface area (Å²) in [4.78, 5) is 0. The molecule has 6 heteroatoms. The summed E-state index contributed by atoms with van der Waals surface area (Å²) in [5.74, 6) is 0.989. The highest BCUT2D eigenvalue weighted by molar-refractivity contribution is 7.18. The molecule has 3 rings (SSSR count). The molecular weight excluding hydrogens is 298 g/mol. The Morgan fingerprint density at radius 3 is 2.59 bits per heavy atom. The molecule has 22 heavy (non-hydrogen) atoms. The Bertz CT molecular complexity index is 784. The second-order valence-corrected chi connectivity index (χ2v) is 5.77. The summed E-state index contributed by atoms with van der Waals surface area (Å²) in [5.41, 5.74) is 2.90. The molecule has 0 saturated heterocycles. The van der Waals surface area contributed by atoms with Gasteiger partial charge >= 0.3 is 0 Å². The Morgan fingerprint density at radius 2 is 1.86 bits per heavy atom. The normalized spacial score (nSPS) is 10.5. The molecule has 0 spiro atoms. The van der Waals surface area contributed by atoms with Gasteiger partial charge in [-0.1, -0.05) is 17.4 Å². The van der Waals surface area contributed by atoms with E-state index in [0.717, 1.165) is 27.6 Å². The van der Waals surface area contributed by atoms with Crippen molar-refractivity contribution >= 4 is 22.2 Å². The van der Waals surface area contributed by atoms with E-state index in [1.165, 1.54) is 11.3 Å². The summed E-state index contributed by atoms with van der Waals surface area (Å²) in [5, 5.41) is 22.4. The molecule has 0 saturated carbocycles. The molecule has 2 aromatic carbocycles. The number of anilines is 2. The van der Waals surface area contributed by atoms with Gasteiger partial charge in [-0.25, -0.2) is 0 Å². The number of aromatic nitrogens is 2. The molecule has 0 aliphatic rings. The zero-order chi connectivity index (χ0) is 15.5. The fraction of sp³-hybridized carbons (Fsp3) is 0.125. The van der Waals surface area contributed by atoms with Crippen LogP contribution >= 0.6 is 11.3 Å². The van der Waals surface area contributed by atoms with Gasteiger partial charge in [-0.15, -0.1) is 10.2 Å². The van der Waals surface area contributed by atoms with E-state index in [0.29, 0.717) is 5.13 Å². The molecule has 0 aliphatic heterocycles. The predicted molar refractivity (Wildman–Crippen MR) is 88.0 cm³/mol. The van der Waals surface area contributed by atoms with Crippen LogP contribution in [0, 0.1) is 6.92 Å². The van der Waals surface area contributed by atoms with Crippen molar-refractivity contribution in [1.82, 2.24) is 10.2 Å². The first-order chi connectivity index (χ1) is 10.7. The minimum Gasteiger partial charge on any atom is -0.508 e. The summed E-state index contributed by atoms with van der Waals surface area (Å²) >= 11 is 1.44.